The van der Waals surface area contributed by atoms with Crippen LogP contribution in [0.15, 0.2) is 0 Å². The molecule has 0 atom stereocenters. The van der Waals surface area contributed by atoms with Crippen molar-refractivity contribution in [3.63, 3.8) is 0 Å². The van der Waals surface area contributed by atoms with Gasteiger partial charge in [0, 0.05) is 6.42 Å². The van der Waals surface area contributed by atoms with Gasteiger partial charge in [0.15, 0.2) is 5.78 Å². The van der Waals surface area contributed by atoms with Crippen molar-refractivity contribution in [1.82, 2.24) is 0 Å². The Hall–Kier alpha value is -1.39. The summed E-state index contributed by atoms with van der Waals surface area (Å²) in [6.45, 7) is 2.32. The zero-order valence-electron chi connectivity index (χ0n) is 6.83. The number of Topliss-reactive ketones (excluding diaryl/α,β-unsaturated/α-hetero) is 1. The summed E-state index contributed by atoms with van der Waals surface area (Å²) in [5.74, 6) is -4.05. The number of carbonyl (C=O) groups excluding carboxylic acids is 1. The van der Waals surface area contributed by atoms with E-state index >= 15 is 0 Å². The molecular formula is C7H10O5. The fourth-order valence-corrected chi connectivity index (χ4v) is 0.684. The van der Waals surface area contributed by atoms with Crippen LogP contribution in [0.25, 0.3) is 0 Å². The number of carbonyl (C=O) groups is 3. The fourth-order valence-electron chi connectivity index (χ4n) is 0.684. The Kier molecular flexibility index (Phi) is 2.95. The van der Waals surface area contributed by atoms with Gasteiger partial charge >= 0.3 is 11.9 Å². The molecule has 0 heterocycles. The van der Waals surface area contributed by atoms with Crippen LogP contribution in [0.5, 0.6) is 0 Å². The van der Waals surface area contributed by atoms with E-state index in [-0.39, 0.29) is 6.42 Å². The summed E-state index contributed by atoms with van der Waals surface area (Å²) in [6.07, 6.45) is -0.102. The molecule has 5 heteroatoms. The maximum absolute atomic E-state index is 11.0. The molecule has 0 aromatic rings. The molecule has 0 aromatic heterocycles. The number of aliphatic carboxylic acids is 2. The van der Waals surface area contributed by atoms with Crippen LogP contribution in [0, 0.1) is 5.41 Å². The van der Waals surface area contributed by atoms with E-state index in [4.69, 9.17) is 10.2 Å². The van der Waals surface area contributed by atoms with E-state index in [9.17, 15) is 14.4 Å². The van der Waals surface area contributed by atoms with Gasteiger partial charge in [0.2, 0.25) is 5.41 Å². The van der Waals surface area contributed by atoms with Crippen LogP contribution in [0.1, 0.15) is 20.3 Å². The van der Waals surface area contributed by atoms with Crippen molar-refractivity contribution in [2.24, 2.45) is 5.41 Å². The maximum atomic E-state index is 11.0. The lowest BCUT2D eigenvalue weighted by Crippen LogP contribution is -2.43. The summed E-state index contributed by atoms with van der Waals surface area (Å²) in [6, 6.07) is 0. The molecule has 5 nitrogen and oxygen atoms in total. The molecule has 0 aliphatic heterocycles. The SMILES string of the molecule is CCC(=O)C(C)(C(=O)O)C(=O)O. The Morgan fingerprint density at radius 1 is 1.17 bits per heavy atom. The van der Waals surface area contributed by atoms with Crippen LogP contribution in [-0.2, 0) is 14.4 Å². The van der Waals surface area contributed by atoms with Crippen molar-refractivity contribution >= 4 is 17.7 Å². The highest BCUT2D eigenvalue weighted by Crippen LogP contribution is 2.19. The predicted octanol–water partition coefficient (Wildman–Crippen LogP) is 0.141. The molecule has 0 amide bonds. The summed E-state index contributed by atoms with van der Waals surface area (Å²) in [7, 11) is 0. The topological polar surface area (TPSA) is 91.7 Å². The number of ketones is 1. The molecule has 0 bridgehead atoms. The summed E-state index contributed by atoms with van der Waals surface area (Å²) >= 11 is 0. The number of hydrogen-bond donors (Lipinski definition) is 2. The lowest BCUT2D eigenvalue weighted by molar-refractivity contribution is -0.166. The highest BCUT2D eigenvalue weighted by Gasteiger charge is 2.47. The number of carboxylic acids is 2. The highest BCUT2D eigenvalue weighted by molar-refractivity contribution is 6.18. The normalized spacial score (nSPS) is 10.8. The Balaban J connectivity index is 5.01. The molecule has 0 radical (unpaired) electrons. The monoisotopic (exact) mass is 174 g/mol. The summed E-state index contributed by atoms with van der Waals surface area (Å²) in [5, 5.41) is 17.0. The van der Waals surface area contributed by atoms with Crippen molar-refractivity contribution in [1.29, 1.82) is 0 Å². The van der Waals surface area contributed by atoms with Gasteiger partial charge in [0.25, 0.3) is 0 Å². The van der Waals surface area contributed by atoms with Gasteiger partial charge in [-0.15, -0.1) is 0 Å². The Bertz CT molecular complexity index is 216. The third-order valence-corrected chi connectivity index (χ3v) is 1.73. The van der Waals surface area contributed by atoms with Gasteiger partial charge in [-0.05, 0) is 6.92 Å². The molecule has 2 N–H and O–H groups in total. The molecule has 0 saturated heterocycles. The van der Waals surface area contributed by atoms with Crippen LogP contribution in [0.3, 0.4) is 0 Å². The summed E-state index contributed by atoms with van der Waals surface area (Å²) in [4.78, 5) is 31.9. The zero-order chi connectivity index (χ0) is 9.94. The van der Waals surface area contributed by atoms with E-state index in [1.54, 1.807) is 0 Å². The van der Waals surface area contributed by atoms with Crippen LogP contribution in [0.4, 0.5) is 0 Å². The van der Waals surface area contributed by atoms with E-state index in [0.717, 1.165) is 6.92 Å². The van der Waals surface area contributed by atoms with Crippen molar-refractivity contribution in [3.8, 4) is 0 Å². The Labute approximate surface area is 69.0 Å². The molecule has 0 aromatic carbocycles. The number of carboxylic acid groups (broad SMARTS) is 2. The molecule has 0 unspecified atom stereocenters. The standard InChI is InChI=1S/C7H10O5/c1-3-4(8)7(2,5(9)10)6(11)12/h3H2,1-2H3,(H,9,10)(H,11,12). The zero-order valence-corrected chi connectivity index (χ0v) is 6.83. The number of hydrogen-bond acceptors (Lipinski definition) is 3. The van der Waals surface area contributed by atoms with E-state index < -0.39 is 23.1 Å². The van der Waals surface area contributed by atoms with Gasteiger partial charge in [0.05, 0.1) is 0 Å². The van der Waals surface area contributed by atoms with Crippen molar-refractivity contribution in [3.05, 3.63) is 0 Å². The van der Waals surface area contributed by atoms with Gasteiger partial charge in [0.1, 0.15) is 0 Å². The minimum absolute atomic E-state index is 0.102. The Morgan fingerprint density at radius 3 is 1.58 bits per heavy atom. The molecular weight excluding hydrogens is 164 g/mol. The second-order valence-corrected chi connectivity index (χ2v) is 2.51. The molecule has 0 spiro atoms. The van der Waals surface area contributed by atoms with E-state index in [1.807, 2.05) is 0 Å². The van der Waals surface area contributed by atoms with Gasteiger partial charge in [-0.1, -0.05) is 6.92 Å². The molecule has 0 saturated carbocycles. The maximum Gasteiger partial charge on any atom is 0.328 e. The van der Waals surface area contributed by atoms with Crippen molar-refractivity contribution in [2.45, 2.75) is 20.3 Å². The Morgan fingerprint density at radius 2 is 1.50 bits per heavy atom. The summed E-state index contributed by atoms with van der Waals surface area (Å²) < 4.78 is 0. The first-order valence-corrected chi connectivity index (χ1v) is 3.37. The summed E-state index contributed by atoms with van der Waals surface area (Å²) in [5.41, 5.74) is -2.30. The first-order chi connectivity index (χ1) is 5.37. The average Bonchev–Trinajstić information content (AvgIpc) is 2.00. The average molecular weight is 174 g/mol. The third-order valence-electron chi connectivity index (χ3n) is 1.73. The first kappa shape index (κ1) is 10.6. The molecule has 0 aliphatic rings. The molecule has 68 valence electrons. The largest absolute Gasteiger partial charge is 0.480 e. The number of rotatable bonds is 4. The molecule has 12 heavy (non-hydrogen) atoms. The molecule has 0 aliphatic carbocycles. The van der Waals surface area contributed by atoms with Crippen molar-refractivity contribution < 1.29 is 24.6 Å². The smallest absolute Gasteiger partial charge is 0.328 e. The fraction of sp³-hybridized carbons (Fsp3) is 0.571. The second kappa shape index (κ2) is 3.34. The van der Waals surface area contributed by atoms with E-state index in [2.05, 4.69) is 0 Å². The molecule has 0 rings (SSSR count). The quantitative estimate of drug-likeness (QED) is 0.591. The van der Waals surface area contributed by atoms with Crippen LogP contribution < -0.4 is 0 Å². The van der Waals surface area contributed by atoms with Gasteiger partial charge in [-0.25, -0.2) is 0 Å². The lowest BCUT2D eigenvalue weighted by Gasteiger charge is -2.16. The highest BCUT2D eigenvalue weighted by atomic mass is 16.4. The van der Waals surface area contributed by atoms with Gasteiger partial charge in [-0.2, -0.15) is 0 Å². The van der Waals surface area contributed by atoms with Crippen molar-refractivity contribution in [2.75, 3.05) is 0 Å². The van der Waals surface area contributed by atoms with Gasteiger partial charge in [-0.3, -0.25) is 14.4 Å². The van der Waals surface area contributed by atoms with Crippen LogP contribution >= 0.6 is 0 Å². The minimum atomic E-state index is -2.30. The van der Waals surface area contributed by atoms with Crippen LogP contribution in [0.2, 0.25) is 0 Å². The predicted molar refractivity (Wildman–Crippen MR) is 38.7 cm³/mol. The molecule has 0 fully saturated rings. The van der Waals surface area contributed by atoms with Gasteiger partial charge < -0.3 is 10.2 Å². The minimum Gasteiger partial charge on any atom is -0.480 e. The van der Waals surface area contributed by atoms with E-state index in [1.165, 1.54) is 6.92 Å². The van der Waals surface area contributed by atoms with Crippen LogP contribution in [-0.4, -0.2) is 27.9 Å². The van der Waals surface area contributed by atoms with E-state index in [0.29, 0.717) is 0 Å². The first-order valence-electron chi connectivity index (χ1n) is 3.37. The lowest BCUT2D eigenvalue weighted by atomic mass is 9.84. The second-order valence-electron chi connectivity index (χ2n) is 2.51. The third kappa shape index (κ3) is 1.44.